The summed E-state index contributed by atoms with van der Waals surface area (Å²) in [6, 6.07) is 3.98. The van der Waals surface area contributed by atoms with Gasteiger partial charge in [0.05, 0.1) is 9.94 Å². The van der Waals surface area contributed by atoms with Gasteiger partial charge in [0.15, 0.2) is 0 Å². The number of halogens is 1. The Morgan fingerprint density at radius 1 is 1.47 bits per heavy atom. The second-order valence-corrected chi connectivity index (χ2v) is 6.87. The SMILES string of the molecule is OC1(Cc2ccc(Cl)s2)CC2CCC1C2. The predicted octanol–water partition coefficient (Wildman–Crippen LogP) is 3.50. The summed E-state index contributed by atoms with van der Waals surface area (Å²) >= 11 is 7.51. The van der Waals surface area contributed by atoms with Gasteiger partial charge in [0, 0.05) is 11.3 Å². The van der Waals surface area contributed by atoms with Crippen LogP contribution < -0.4 is 0 Å². The quantitative estimate of drug-likeness (QED) is 0.842. The molecule has 3 heteroatoms. The zero-order valence-electron chi connectivity index (χ0n) is 8.58. The van der Waals surface area contributed by atoms with Crippen molar-refractivity contribution >= 4 is 22.9 Å². The molecule has 2 saturated carbocycles. The Morgan fingerprint density at radius 2 is 2.33 bits per heavy atom. The third kappa shape index (κ3) is 1.73. The number of aliphatic hydroxyl groups is 1. The number of rotatable bonds is 2. The fourth-order valence-electron chi connectivity index (χ4n) is 3.38. The van der Waals surface area contributed by atoms with Crippen molar-refractivity contribution in [2.45, 2.75) is 37.7 Å². The standard InChI is InChI=1S/C12H15ClOS/c13-11-4-3-10(15-11)7-12(14)6-8-1-2-9(12)5-8/h3-4,8-9,14H,1-2,5-7H2. The summed E-state index contributed by atoms with van der Waals surface area (Å²) < 4.78 is 0.830. The number of hydrogen-bond donors (Lipinski definition) is 1. The molecule has 2 bridgehead atoms. The molecule has 1 aromatic heterocycles. The average molecular weight is 243 g/mol. The second-order valence-electron chi connectivity index (χ2n) is 5.07. The minimum Gasteiger partial charge on any atom is -0.389 e. The highest BCUT2D eigenvalue weighted by Gasteiger charge is 2.49. The summed E-state index contributed by atoms with van der Waals surface area (Å²) in [4.78, 5) is 1.23. The van der Waals surface area contributed by atoms with Crippen molar-refractivity contribution in [2.75, 3.05) is 0 Å². The third-order valence-electron chi connectivity index (χ3n) is 4.05. The lowest BCUT2D eigenvalue weighted by atomic mass is 9.81. The first-order chi connectivity index (χ1) is 7.16. The fraction of sp³-hybridized carbons (Fsp3) is 0.667. The summed E-state index contributed by atoms with van der Waals surface area (Å²) in [5.41, 5.74) is -0.420. The Balaban J connectivity index is 1.77. The molecule has 0 radical (unpaired) electrons. The molecule has 0 aromatic carbocycles. The Kier molecular flexibility index (Phi) is 2.35. The van der Waals surface area contributed by atoms with Crippen LogP contribution in [0.3, 0.4) is 0 Å². The van der Waals surface area contributed by atoms with Gasteiger partial charge >= 0.3 is 0 Å². The maximum atomic E-state index is 10.6. The van der Waals surface area contributed by atoms with Gasteiger partial charge < -0.3 is 5.11 Å². The van der Waals surface area contributed by atoms with Gasteiger partial charge in [0.2, 0.25) is 0 Å². The van der Waals surface area contributed by atoms with E-state index in [-0.39, 0.29) is 0 Å². The third-order valence-corrected chi connectivity index (χ3v) is 5.28. The van der Waals surface area contributed by atoms with Crippen molar-refractivity contribution < 1.29 is 5.11 Å². The molecule has 1 nitrogen and oxygen atoms in total. The van der Waals surface area contributed by atoms with E-state index in [1.54, 1.807) is 11.3 Å². The minimum atomic E-state index is -0.420. The molecule has 3 unspecified atom stereocenters. The van der Waals surface area contributed by atoms with Crippen LogP contribution >= 0.6 is 22.9 Å². The Labute approximate surface area is 99.1 Å². The van der Waals surface area contributed by atoms with E-state index in [1.165, 1.54) is 24.1 Å². The minimum absolute atomic E-state index is 0.420. The van der Waals surface area contributed by atoms with Crippen molar-refractivity contribution in [1.29, 1.82) is 0 Å². The van der Waals surface area contributed by atoms with Gasteiger partial charge in [-0.25, -0.2) is 0 Å². The molecule has 0 amide bonds. The molecular weight excluding hydrogens is 228 g/mol. The van der Waals surface area contributed by atoms with Crippen LogP contribution in [0.1, 0.15) is 30.6 Å². The predicted molar refractivity (Wildman–Crippen MR) is 63.4 cm³/mol. The molecule has 2 aliphatic carbocycles. The van der Waals surface area contributed by atoms with Gasteiger partial charge in [-0.05, 0) is 49.7 Å². The first-order valence-electron chi connectivity index (χ1n) is 5.62. The summed E-state index contributed by atoms with van der Waals surface area (Å²) in [6.45, 7) is 0. The molecule has 3 atom stereocenters. The lowest BCUT2D eigenvalue weighted by Crippen LogP contribution is -2.37. The Bertz CT molecular complexity index is 375. The van der Waals surface area contributed by atoms with Crippen LogP contribution in [0.2, 0.25) is 4.34 Å². The van der Waals surface area contributed by atoms with E-state index in [0.29, 0.717) is 5.92 Å². The largest absolute Gasteiger partial charge is 0.389 e. The van der Waals surface area contributed by atoms with Gasteiger partial charge in [-0.15, -0.1) is 11.3 Å². The summed E-state index contributed by atoms with van der Waals surface area (Å²) in [5, 5.41) is 10.6. The van der Waals surface area contributed by atoms with Crippen LogP contribution in [0, 0.1) is 11.8 Å². The number of fused-ring (bicyclic) bond motifs is 2. The van der Waals surface area contributed by atoms with Crippen molar-refractivity contribution in [3.05, 3.63) is 21.3 Å². The summed E-state index contributed by atoms with van der Waals surface area (Å²) in [7, 11) is 0. The van der Waals surface area contributed by atoms with Crippen molar-refractivity contribution in [2.24, 2.45) is 11.8 Å². The zero-order chi connectivity index (χ0) is 10.5. The van der Waals surface area contributed by atoms with Crippen molar-refractivity contribution in [3.8, 4) is 0 Å². The van der Waals surface area contributed by atoms with Crippen LogP contribution in [0.4, 0.5) is 0 Å². The normalized spacial score (nSPS) is 38.8. The fourth-order valence-corrected chi connectivity index (χ4v) is 4.58. The molecule has 0 spiro atoms. The molecule has 1 N–H and O–H groups in total. The van der Waals surface area contributed by atoms with E-state index < -0.39 is 5.60 Å². The van der Waals surface area contributed by atoms with Gasteiger partial charge in [0.1, 0.15) is 0 Å². The van der Waals surface area contributed by atoms with Gasteiger partial charge in [-0.1, -0.05) is 11.6 Å². The molecule has 15 heavy (non-hydrogen) atoms. The lowest BCUT2D eigenvalue weighted by Gasteiger charge is -2.32. The Morgan fingerprint density at radius 3 is 2.87 bits per heavy atom. The molecule has 2 fully saturated rings. The number of hydrogen-bond acceptors (Lipinski definition) is 2. The maximum absolute atomic E-state index is 10.6. The van der Waals surface area contributed by atoms with E-state index >= 15 is 0 Å². The summed E-state index contributed by atoms with van der Waals surface area (Å²) in [6.07, 6.45) is 5.62. The summed E-state index contributed by atoms with van der Waals surface area (Å²) in [5.74, 6) is 1.33. The van der Waals surface area contributed by atoms with Crippen molar-refractivity contribution in [3.63, 3.8) is 0 Å². The number of thiophene rings is 1. The van der Waals surface area contributed by atoms with Crippen LogP contribution in [0.25, 0.3) is 0 Å². The first-order valence-corrected chi connectivity index (χ1v) is 6.82. The van der Waals surface area contributed by atoms with Crippen LogP contribution in [0.5, 0.6) is 0 Å². The average Bonchev–Trinajstić information content (AvgIpc) is 2.81. The van der Waals surface area contributed by atoms with E-state index in [1.807, 2.05) is 6.07 Å². The van der Waals surface area contributed by atoms with Crippen LogP contribution in [-0.2, 0) is 6.42 Å². The molecule has 0 saturated heterocycles. The van der Waals surface area contributed by atoms with E-state index in [9.17, 15) is 5.11 Å². The van der Waals surface area contributed by atoms with Crippen molar-refractivity contribution in [1.82, 2.24) is 0 Å². The topological polar surface area (TPSA) is 20.2 Å². The van der Waals surface area contributed by atoms with Gasteiger partial charge in [-0.3, -0.25) is 0 Å². The molecule has 2 aliphatic rings. The van der Waals surface area contributed by atoms with E-state index in [4.69, 9.17) is 11.6 Å². The zero-order valence-corrected chi connectivity index (χ0v) is 10.2. The van der Waals surface area contributed by atoms with Gasteiger partial charge in [0.25, 0.3) is 0 Å². The highest BCUT2D eigenvalue weighted by atomic mass is 35.5. The second kappa shape index (κ2) is 3.47. The highest BCUT2D eigenvalue weighted by molar-refractivity contribution is 7.16. The van der Waals surface area contributed by atoms with E-state index in [0.717, 1.165) is 23.1 Å². The van der Waals surface area contributed by atoms with Gasteiger partial charge in [-0.2, -0.15) is 0 Å². The molecule has 82 valence electrons. The first kappa shape index (κ1) is 10.1. The van der Waals surface area contributed by atoms with Crippen LogP contribution in [-0.4, -0.2) is 10.7 Å². The smallest absolute Gasteiger partial charge is 0.0931 e. The molecule has 1 heterocycles. The molecule has 1 aromatic rings. The Hall–Kier alpha value is -0.0500. The lowest BCUT2D eigenvalue weighted by molar-refractivity contribution is -0.0118. The molecular formula is C12H15ClOS. The molecule has 0 aliphatic heterocycles. The molecule has 3 rings (SSSR count). The highest BCUT2D eigenvalue weighted by Crippen LogP contribution is 2.52. The monoisotopic (exact) mass is 242 g/mol. The maximum Gasteiger partial charge on any atom is 0.0931 e. The van der Waals surface area contributed by atoms with E-state index in [2.05, 4.69) is 6.07 Å². The van der Waals surface area contributed by atoms with Crippen LogP contribution in [0.15, 0.2) is 12.1 Å².